The Bertz CT molecular complexity index is 648. The second kappa shape index (κ2) is 5.64. The largest absolute Gasteiger partial charge is 0.453 e. The van der Waals surface area contributed by atoms with Crippen LogP contribution < -0.4 is 5.73 Å². The molecule has 1 heterocycles. The highest BCUT2D eigenvalue weighted by Gasteiger charge is 2.39. The molecule has 2 N–H and O–H groups in total. The van der Waals surface area contributed by atoms with Crippen molar-refractivity contribution in [2.45, 2.75) is 45.4 Å². The number of aryl methyl sites for hydroxylation is 1. The van der Waals surface area contributed by atoms with Crippen LogP contribution >= 0.6 is 0 Å². The summed E-state index contributed by atoms with van der Waals surface area (Å²) < 4.78 is 5.88. The van der Waals surface area contributed by atoms with Gasteiger partial charge in [-0.1, -0.05) is 43.9 Å². The maximum absolute atomic E-state index is 13.0. The number of para-hydroxylation sites is 1. The first-order chi connectivity index (χ1) is 10.2. The standard InChI is InChI=1S/C18H23NO2/c1-13-7-6-8-14-11-15(21-16(13)14)17(20)18(12-19)9-4-2-3-5-10-18/h6-8,11H,2-5,9-10,12,19H2,1H3. The molecule has 1 aromatic carbocycles. The van der Waals surface area contributed by atoms with Crippen LogP contribution in [0.15, 0.2) is 28.7 Å². The molecular weight excluding hydrogens is 262 g/mol. The molecule has 3 nitrogen and oxygen atoms in total. The predicted molar refractivity (Wildman–Crippen MR) is 84.5 cm³/mol. The van der Waals surface area contributed by atoms with Gasteiger partial charge in [0.25, 0.3) is 0 Å². The fraction of sp³-hybridized carbons (Fsp3) is 0.500. The molecule has 0 amide bonds. The molecule has 3 rings (SSSR count). The van der Waals surface area contributed by atoms with Gasteiger partial charge in [-0.2, -0.15) is 0 Å². The van der Waals surface area contributed by atoms with Gasteiger partial charge in [0.05, 0.1) is 0 Å². The molecule has 0 aliphatic heterocycles. The third-order valence-corrected chi connectivity index (χ3v) is 4.90. The third-order valence-electron chi connectivity index (χ3n) is 4.90. The van der Waals surface area contributed by atoms with E-state index < -0.39 is 5.41 Å². The molecule has 3 heteroatoms. The predicted octanol–water partition coefficient (Wildman–Crippen LogP) is 4.22. The quantitative estimate of drug-likeness (QED) is 0.678. The van der Waals surface area contributed by atoms with Gasteiger partial charge in [0.15, 0.2) is 5.76 Å². The van der Waals surface area contributed by atoms with Crippen LogP contribution in [0, 0.1) is 12.3 Å². The Kier molecular flexibility index (Phi) is 3.85. The smallest absolute Gasteiger partial charge is 0.205 e. The highest BCUT2D eigenvalue weighted by Crippen LogP contribution is 2.38. The SMILES string of the molecule is Cc1cccc2cc(C(=O)C3(CN)CCCCCC3)oc12. The molecule has 0 radical (unpaired) electrons. The molecule has 0 unspecified atom stereocenters. The van der Waals surface area contributed by atoms with Gasteiger partial charge in [-0.3, -0.25) is 4.79 Å². The number of rotatable bonds is 3. The van der Waals surface area contributed by atoms with Crippen molar-refractivity contribution >= 4 is 16.8 Å². The van der Waals surface area contributed by atoms with Gasteiger partial charge >= 0.3 is 0 Å². The molecule has 0 spiro atoms. The van der Waals surface area contributed by atoms with E-state index in [1.165, 1.54) is 12.8 Å². The zero-order valence-corrected chi connectivity index (χ0v) is 12.7. The van der Waals surface area contributed by atoms with Gasteiger partial charge in [-0.25, -0.2) is 0 Å². The summed E-state index contributed by atoms with van der Waals surface area (Å²) in [5.74, 6) is 0.578. The van der Waals surface area contributed by atoms with E-state index in [0.29, 0.717) is 12.3 Å². The number of fused-ring (bicyclic) bond motifs is 1. The van der Waals surface area contributed by atoms with E-state index in [0.717, 1.165) is 42.2 Å². The number of Topliss-reactive ketones (excluding diaryl/α,β-unsaturated/α-hetero) is 1. The number of hydrogen-bond donors (Lipinski definition) is 1. The van der Waals surface area contributed by atoms with E-state index in [1.807, 2.05) is 31.2 Å². The van der Waals surface area contributed by atoms with Gasteiger partial charge in [0, 0.05) is 17.3 Å². The van der Waals surface area contributed by atoms with Crippen LogP contribution in [0.1, 0.15) is 54.6 Å². The van der Waals surface area contributed by atoms with Gasteiger partial charge < -0.3 is 10.2 Å². The van der Waals surface area contributed by atoms with Crippen LogP contribution in [0.5, 0.6) is 0 Å². The summed E-state index contributed by atoms with van der Waals surface area (Å²) >= 11 is 0. The summed E-state index contributed by atoms with van der Waals surface area (Å²) in [7, 11) is 0. The van der Waals surface area contributed by atoms with Crippen molar-refractivity contribution in [1.82, 2.24) is 0 Å². The average Bonchev–Trinajstić information content (AvgIpc) is 2.79. The van der Waals surface area contributed by atoms with E-state index in [4.69, 9.17) is 10.2 Å². The Morgan fingerprint density at radius 1 is 1.24 bits per heavy atom. The van der Waals surface area contributed by atoms with Crippen molar-refractivity contribution in [3.05, 3.63) is 35.6 Å². The van der Waals surface area contributed by atoms with Crippen molar-refractivity contribution in [1.29, 1.82) is 0 Å². The molecule has 1 aliphatic carbocycles. The van der Waals surface area contributed by atoms with Crippen LogP contribution in [0.4, 0.5) is 0 Å². The van der Waals surface area contributed by atoms with Gasteiger partial charge in [-0.05, 0) is 31.4 Å². The normalized spacial score (nSPS) is 18.6. The fourth-order valence-electron chi connectivity index (χ4n) is 3.51. The average molecular weight is 285 g/mol. The van der Waals surface area contributed by atoms with Crippen molar-refractivity contribution in [2.24, 2.45) is 11.1 Å². The Morgan fingerprint density at radius 2 is 1.95 bits per heavy atom. The lowest BCUT2D eigenvalue weighted by atomic mass is 9.75. The topological polar surface area (TPSA) is 56.2 Å². The Morgan fingerprint density at radius 3 is 2.57 bits per heavy atom. The number of hydrogen-bond acceptors (Lipinski definition) is 3. The second-order valence-electron chi connectivity index (χ2n) is 6.33. The van der Waals surface area contributed by atoms with E-state index in [1.54, 1.807) is 0 Å². The number of carbonyl (C=O) groups excluding carboxylic acids is 1. The molecule has 112 valence electrons. The molecule has 0 bridgehead atoms. The summed E-state index contributed by atoms with van der Waals surface area (Å²) in [5, 5.41) is 0.999. The van der Waals surface area contributed by atoms with Crippen LogP contribution in [0.25, 0.3) is 11.0 Å². The van der Waals surface area contributed by atoms with Crippen LogP contribution in [0.3, 0.4) is 0 Å². The minimum absolute atomic E-state index is 0.0995. The number of nitrogens with two attached hydrogens (primary N) is 1. The molecule has 1 aliphatic rings. The number of furan rings is 1. The van der Waals surface area contributed by atoms with Crippen molar-refractivity contribution in [2.75, 3.05) is 6.54 Å². The number of benzene rings is 1. The Labute approximate surface area is 125 Å². The highest BCUT2D eigenvalue weighted by atomic mass is 16.3. The van der Waals surface area contributed by atoms with E-state index in [2.05, 4.69) is 0 Å². The van der Waals surface area contributed by atoms with Crippen molar-refractivity contribution < 1.29 is 9.21 Å². The summed E-state index contributed by atoms with van der Waals surface area (Å²) in [6, 6.07) is 7.87. The first kappa shape index (κ1) is 14.3. The van der Waals surface area contributed by atoms with Gasteiger partial charge in [-0.15, -0.1) is 0 Å². The fourth-order valence-corrected chi connectivity index (χ4v) is 3.51. The molecule has 0 saturated heterocycles. The summed E-state index contributed by atoms with van der Waals surface area (Å²) in [6.45, 7) is 2.42. The molecule has 1 fully saturated rings. The maximum Gasteiger partial charge on any atom is 0.205 e. The molecule has 1 saturated carbocycles. The monoisotopic (exact) mass is 285 g/mol. The Hall–Kier alpha value is -1.61. The lowest BCUT2D eigenvalue weighted by Gasteiger charge is -2.28. The van der Waals surface area contributed by atoms with Crippen molar-refractivity contribution in [3.63, 3.8) is 0 Å². The molecular formula is C18H23NO2. The lowest BCUT2D eigenvalue weighted by Crippen LogP contribution is -2.38. The summed E-state index contributed by atoms with van der Waals surface area (Å²) in [5.41, 5.74) is 7.47. The molecule has 0 atom stereocenters. The Balaban J connectivity index is 1.99. The molecule has 21 heavy (non-hydrogen) atoms. The first-order valence-corrected chi connectivity index (χ1v) is 7.90. The minimum Gasteiger partial charge on any atom is -0.453 e. The number of carbonyl (C=O) groups is 1. The van der Waals surface area contributed by atoms with Crippen molar-refractivity contribution in [3.8, 4) is 0 Å². The first-order valence-electron chi connectivity index (χ1n) is 7.90. The van der Waals surface area contributed by atoms with Gasteiger partial charge in [0.2, 0.25) is 5.78 Å². The van der Waals surface area contributed by atoms with E-state index in [9.17, 15) is 4.79 Å². The van der Waals surface area contributed by atoms with Crippen LogP contribution in [0.2, 0.25) is 0 Å². The van der Waals surface area contributed by atoms with E-state index >= 15 is 0 Å². The maximum atomic E-state index is 13.0. The third kappa shape index (κ3) is 2.51. The van der Waals surface area contributed by atoms with Crippen LogP contribution in [-0.4, -0.2) is 12.3 Å². The highest BCUT2D eigenvalue weighted by molar-refractivity contribution is 6.01. The van der Waals surface area contributed by atoms with E-state index in [-0.39, 0.29) is 5.78 Å². The summed E-state index contributed by atoms with van der Waals surface area (Å²) in [6.07, 6.45) is 6.35. The molecule has 1 aromatic heterocycles. The molecule has 2 aromatic rings. The lowest BCUT2D eigenvalue weighted by molar-refractivity contribution is 0.0745. The summed E-state index contributed by atoms with van der Waals surface area (Å²) in [4.78, 5) is 13.0. The van der Waals surface area contributed by atoms with Gasteiger partial charge in [0.1, 0.15) is 5.58 Å². The van der Waals surface area contributed by atoms with Crippen LogP contribution in [-0.2, 0) is 0 Å². The second-order valence-corrected chi connectivity index (χ2v) is 6.33. The zero-order valence-electron chi connectivity index (χ0n) is 12.7. The minimum atomic E-state index is -0.418. The zero-order chi connectivity index (χ0) is 14.9. The number of ketones is 1.